The van der Waals surface area contributed by atoms with E-state index >= 15 is 0 Å². The van der Waals surface area contributed by atoms with Gasteiger partial charge < -0.3 is 19.7 Å². The Bertz CT molecular complexity index is 158. The average Bonchev–Trinajstić information content (AvgIpc) is 2.20. The largest absolute Gasteiger partial charge is 0.396 e. The molecule has 0 bridgehead atoms. The molecule has 4 unspecified atom stereocenters. The van der Waals surface area contributed by atoms with Gasteiger partial charge in [0.25, 0.3) is 0 Å². The van der Waals surface area contributed by atoms with Crippen LogP contribution in [0.4, 0.5) is 0 Å². The molecular weight excluding hydrogens is 184 g/mol. The van der Waals surface area contributed by atoms with Crippen LogP contribution in [0.3, 0.4) is 0 Å². The minimum absolute atomic E-state index is 0.0324. The molecule has 0 spiro atoms. The first kappa shape index (κ1) is 11.9. The second-order valence-corrected chi connectivity index (χ2v) is 3.75. The number of hydrogen-bond acceptors (Lipinski definition) is 4. The maximum absolute atomic E-state index is 9.60. The van der Waals surface area contributed by atoms with E-state index in [1.165, 1.54) is 0 Å². The lowest BCUT2D eigenvalue weighted by atomic mass is 10.0. The first-order chi connectivity index (χ1) is 6.72. The predicted molar refractivity (Wildman–Crippen MR) is 51.5 cm³/mol. The first-order valence-electron chi connectivity index (χ1n) is 5.28. The first-order valence-corrected chi connectivity index (χ1v) is 5.28. The molecular formula is C10H20O4. The maximum atomic E-state index is 9.60. The molecule has 0 aromatic rings. The molecule has 84 valence electrons. The Morgan fingerprint density at radius 3 is 2.57 bits per heavy atom. The Hall–Kier alpha value is -0.160. The van der Waals surface area contributed by atoms with Crippen LogP contribution in [-0.4, -0.2) is 36.0 Å². The standard InChI is InChI=1S/C10H20O4/c1-3-7(5-11)10-13-6-8(4-2)9(12)14-10/h7-12H,3-6H2,1-2H3. The van der Waals surface area contributed by atoms with Gasteiger partial charge in [-0.15, -0.1) is 0 Å². The van der Waals surface area contributed by atoms with Gasteiger partial charge in [0, 0.05) is 11.8 Å². The number of ether oxygens (including phenoxy) is 2. The average molecular weight is 204 g/mol. The summed E-state index contributed by atoms with van der Waals surface area (Å²) in [5, 5.41) is 18.6. The fourth-order valence-electron chi connectivity index (χ4n) is 1.56. The van der Waals surface area contributed by atoms with Crippen molar-refractivity contribution in [3.8, 4) is 0 Å². The molecule has 0 saturated carbocycles. The number of rotatable bonds is 4. The van der Waals surface area contributed by atoms with Crippen LogP contribution < -0.4 is 0 Å². The molecule has 0 aliphatic carbocycles. The van der Waals surface area contributed by atoms with Crippen LogP contribution in [0.5, 0.6) is 0 Å². The maximum Gasteiger partial charge on any atom is 0.165 e. The van der Waals surface area contributed by atoms with E-state index in [0.717, 1.165) is 12.8 Å². The van der Waals surface area contributed by atoms with Gasteiger partial charge in [-0.25, -0.2) is 0 Å². The van der Waals surface area contributed by atoms with Gasteiger partial charge in [0.05, 0.1) is 13.2 Å². The fraction of sp³-hybridized carbons (Fsp3) is 1.00. The second-order valence-electron chi connectivity index (χ2n) is 3.75. The van der Waals surface area contributed by atoms with Crippen molar-refractivity contribution in [3.05, 3.63) is 0 Å². The Kier molecular flexibility index (Phi) is 4.81. The molecule has 14 heavy (non-hydrogen) atoms. The van der Waals surface area contributed by atoms with Crippen molar-refractivity contribution in [2.75, 3.05) is 13.2 Å². The van der Waals surface area contributed by atoms with E-state index < -0.39 is 12.6 Å². The van der Waals surface area contributed by atoms with Gasteiger partial charge in [-0.3, -0.25) is 0 Å². The Morgan fingerprint density at radius 1 is 1.43 bits per heavy atom. The summed E-state index contributed by atoms with van der Waals surface area (Å²) in [5.41, 5.74) is 0. The quantitative estimate of drug-likeness (QED) is 0.708. The molecule has 2 N–H and O–H groups in total. The summed E-state index contributed by atoms with van der Waals surface area (Å²) in [6.45, 7) is 4.50. The van der Waals surface area contributed by atoms with E-state index in [9.17, 15) is 5.11 Å². The lowest BCUT2D eigenvalue weighted by molar-refractivity contribution is -0.313. The highest BCUT2D eigenvalue weighted by atomic mass is 16.7. The minimum Gasteiger partial charge on any atom is -0.396 e. The molecule has 4 nitrogen and oxygen atoms in total. The Labute approximate surface area is 84.8 Å². The zero-order chi connectivity index (χ0) is 10.6. The summed E-state index contributed by atoms with van der Waals surface area (Å²) in [5.74, 6) is 0.0184. The van der Waals surface area contributed by atoms with Crippen LogP contribution in [-0.2, 0) is 9.47 Å². The third-order valence-corrected chi connectivity index (χ3v) is 2.82. The van der Waals surface area contributed by atoms with Gasteiger partial charge in [0.15, 0.2) is 12.6 Å². The molecule has 1 saturated heterocycles. The fourth-order valence-corrected chi connectivity index (χ4v) is 1.56. The number of aliphatic hydroxyl groups excluding tert-OH is 2. The lowest BCUT2D eigenvalue weighted by Gasteiger charge is -2.36. The Morgan fingerprint density at radius 2 is 2.14 bits per heavy atom. The van der Waals surface area contributed by atoms with Crippen molar-refractivity contribution >= 4 is 0 Å². The summed E-state index contributed by atoms with van der Waals surface area (Å²) in [6, 6.07) is 0. The van der Waals surface area contributed by atoms with Crippen molar-refractivity contribution < 1.29 is 19.7 Å². The summed E-state index contributed by atoms with van der Waals surface area (Å²) >= 11 is 0. The van der Waals surface area contributed by atoms with Crippen molar-refractivity contribution in [3.63, 3.8) is 0 Å². The minimum atomic E-state index is -0.751. The number of aliphatic hydroxyl groups is 2. The summed E-state index contributed by atoms with van der Waals surface area (Å²) < 4.78 is 10.8. The van der Waals surface area contributed by atoms with E-state index in [2.05, 4.69) is 0 Å². The highest BCUT2D eigenvalue weighted by Gasteiger charge is 2.33. The zero-order valence-corrected chi connectivity index (χ0v) is 8.85. The molecule has 1 aliphatic rings. The highest BCUT2D eigenvalue weighted by molar-refractivity contribution is 4.69. The normalized spacial score (nSPS) is 35.6. The topological polar surface area (TPSA) is 58.9 Å². The number of hydrogen-bond donors (Lipinski definition) is 2. The summed E-state index contributed by atoms with van der Waals surface area (Å²) in [6.07, 6.45) is 0.413. The monoisotopic (exact) mass is 204 g/mol. The molecule has 1 heterocycles. The molecule has 1 aliphatic heterocycles. The van der Waals surface area contributed by atoms with Crippen molar-refractivity contribution in [1.29, 1.82) is 0 Å². The lowest BCUT2D eigenvalue weighted by Crippen LogP contribution is -2.43. The summed E-state index contributed by atoms with van der Waals surface area (Å²) in [4.78, 5) is 0. The van der Waals surface area contributed by atoms with E-state index in [-0.39, 0.29) is 18.4 Å². The Balaban J connectivity index is 2.44. The van der Waals surface area contributed by atoms with E-state index in [1.54, 1.807) is 0 Å². The predicted octanol–water partition coefficient (Wildman–Crippen LogP) is 0.722. The van der Waals surface area contributed by atoms with Crippen LogP contribution in [0.2, 0.25) is 0 Å². The molecule has 0 aromatic carbocycles. The van der Waals surface area contributed by atoms with Gasteiger partial charge in [0.1, 0.15) is 0 Å². The van der Waals surface area contributed by atoms with Gasteiger partial charge in [-0.05, 0) is 12.8 Å². The third kappa shape index (κ3) is 2.67. The third-order valence-electron chi connectivity index (χ3n) is 2.82. The molecule has 1 fully saturated rings. The van der Waals surface area contributed by atoms with Gasteiger partial charge in [-0.1, -0.05) is 13.8 Å². The smallest absolute Gasteiger partial charge is 0.165 e. The van der Waals surface area contributed by atoms with Crippen LogP contribution in [0.15, 0.2) is 0 Å². The van der Waals surface area contributed by atoms with E-state index in [4.69, 9.17) is 14.6 Å². The van der Waals surface area contributed by atoms with Crippen LogP contribution in [0.1, 0.15) is 26.7 Å². The van der Waals surface area contributed by atoms with Crippen molar-refractivity contribution in [2.45, 2.75) is 39.3 Å². The molecule has 0 amide bonds. The van der Waals surface area contributed by atoms with E-state index in [0.29, 0.717) is 6.61 Å². The van der Waals surface area contributed by atoms with Gasteiger partial charge in [-0.2, -0.15) is 0 Å². The van der Waals surface area contributed by atoms with Gasteiger partial charge in [0.2, 0.25) is 0 Å². The highest BCUT2D eigenvalue weighted by Crippen LogP contribution is 2.24. The summed E-state index contributed by atoms with van der Waals surface area (Å²) in [7, 11) is 0. The molecule has 0 radical (unpaired) electrons. The molecule has 0 aromatic heterocycles. The molecule has 1 rings (SSSR count). The molecule has 4 heteroatoms. The second kappa shape index (κ2) is 5.66. The van der Waals surface area contributed by atoms with Crippen molar-refractivity contribution in [2.24, 2.45) is 11.8 Å². The van der Waals surface area contributed by atoms with Gasteiger partial charge >= 0.3 is 0 Å². The SMILES string of the molecule is CCC1COC(C(CC)CO)OC1O. The molecule has 4 atom stereocenters. The zero-order valence-electron chi connectivity index (χ0n) is 8.85. The van der Waals surface area contributed by atoms with Crippen LogP contribution >= 0.6 is 0 Å². The van der Waals surface area contributed by atoms with Crippen molar-refractivity contribution in [1.82, 2.24) is 0 Å². The van der Waals surface area contributed by atoms with Crippen LogP contribution in [0.25, 0.3) is 0 Å². The van der Waals surface area contributed by atoms with E-state index in [1.807, 2.05) is 13.8 Å². The van der Waals surface area contributed by atoms with Crippen LogP contribution in [0, 0.1) is 11.8 Å².